The molecule has 0 amide bonds. The second-order valence-corrected chi connectivity index (χ2v) is 14.0. The fourth-order valence-corrected chi connectivity index (χ4v) is 11.1. The SMILES string of the molecule is C=C1C2C(C)C=CC(C(CC)CCC)C2CC2C[C@]3(O)C[C@@H](C)C(C(C)CC)C(C)C3C(CC)C12. The Hall–Kier alpha value is -0.560. The molecule has 200 valence electrons. The Morgan fingerprint density at radius 2 is 1.74 bits per heavy atom. The molecule has 0 heterocycles. The lowest BCUT2D eigenvalue weighted by atomic mass is 9.42. The van der Waals surface area contributed by atoms with E-state index in [0.717, 1.165) is 36.5 Å². The van der Waals surface area contributed by atoms with Crippen LogP contribution in [0, 0.1) is 76.9 Å². The van der Waals surface area contributed by atoms with Crippen LogP contribution in [0.2, 0.25) is 0 Å². The highest BCUT2D eigenvalue weighted by molar-refractivity contribution is 5.25. The molecule has 0 radical (unpaired) electrons. The summed E-state index contributed by atoms with van der Waals surface area (Å²) in [6, 6.07) is 0. The highest BCUT2D eigenvalue weighted by atomic mass is 16.3. The predicted octanol–water partition coefficient (Wildman–Crippen LogP) is 9.17. The topological polar surface area (TPSA) is 20.2 Å². The van der Waals surface area contributed by atoms with Gasteiger partial charge in [0.15, 0.2) is 0 Å². The van der Waals surface area contributed by atoms with Crippen LogP contribution in [0.1, 0.15) is 107 Å². The van der Waals surface area contributed by atoms with Gasteiger partial charge < -0.3 is 5.11 Å². The molecule has 0 aliphatic heterocycles. The van der Waals surface area contributed by atoms with Crippen molar-refractivity contribution in [3.05, 3.63) is 24.3 Å². The molecule has 12 unspecified atom stereocenters. The van der Waals surface area contributed by atoms with Crippen LogP contribution in [0.4, 0.5) is 0 Å². The molecule has 0 aromatic rings. The average Bonchev–Trinajstić information content (AvgIpc) is 2.81. The number of hydrogen-bond donors (Lipinski definition) is 1. The first-order valence-electron chi connectivity index (χ1n) is 15.7. The molecular weight excluding hydrogens is 424 g/mol. The third-order valence-corrected chi connectivity index (χ3v) is 12.3. The fourth-order valence-electron chi connectivity index (χ4n) is 11.1. The lowest BCUT2D eigenvalue weighted by molar-refractivity contribution is -0.193. The lowest BCUT2D eigenvalue weighted by Gasteiger charge is -2.64. The molecule has 0 spiro atoms. The zero-order valence-corrected chi connectivity index (χ0v) is 24.5. The van der Waals surface area contributed by atoms with Gasteiger partial charge in [-0.25, -0.2) is 0 Å². The minimum absolute atomic E-state index is 0.436. The normalized spacial score (nSPS) is 49.1. The number of fused-ring (bicyclic) bond motifs is 3. The van der Waals surface area contributed by atoms with E-state index < -0.39 is 5.60 Å². The van der Waals surface area contributed by atoms with Crippen molar-refractivity contribution in [2.24, 2.45) is 76.9 Å². The van der Waals surface area contributed by atoms with Crippen LogP contribution in [0.3, 0.4) is 0 Å². The minimum atomic E-state index is -0.475. The molecule has 14 atom stereocenters. The van der Waals surface area contributed by atoms with Crippen molar-refractivity contribution >= 4 is 0 Å². The van der Waals surface area contributed by atoms with E-state index in [1.165, 1.54) is 38.5 Å². The Morgan fingerprint density at radius 3 is 2.34 bits per heavy atom. The summed E-state index contributed by atoms with van der Waals surface area (Å²) in [4.78, 5) is 0. The molecule has 4 aliphatic carbocycles. The summed E-state index contributed by atoms with van der Waals surface area (Å²) in [5.74, 6) is 8.43. The van der Waals surface area contributed by atoms with E-state index in [0.29, 0.717) is 53.3 Å². The summed E-state index contributed by atoms with van der Waals surface area (Å²) < 4.78 is 0. The molecule has 4 rings (SSSR count). The van der Waals surface area contributed by atoms with Crippen LogP contribution in [-0.2, 0) is 0 Å². The summed E-state index contributed by atoms with van der Waals surface area (Å²) in [7, 11) is 0. The second-order valence-electron chi connectivity index (χ2n) is 14.0. The van der Waals surface area contributed by atoms with Gasteiger partial charge in [0.2, 0.25) is 0 Å². The summed E-state index contributed by atoms with van der Waals surface area (Å²) in [5.41, 5.74) is 1.11. The Kier molecular flexibility index (Phi) is 8.37. The van der Waals surface area contributed by atoms with Gasteiger partial charge in [0.25, 0.3) is 0 Å². The lowest BCUT2D eigenvalue weighted by Crippen LogP contribution is -2.62. The Labute approximate surface area is 218 Å². The van der Waals surface area contributed by atoms with Gasteiger partial charge in [0, 0.05) is 0 Å². The fraction of sp³-hybridized carbons (Fsp3) is 0.882. The maximum absolute atomic E-state index is 12.4. The summed E-state index contributed by atoms with van der Waals surface area (Å²) >= 11 is 0. The molecule has 4 aliphatic rings. The zero-order chi connectivity index (χ0) is 25.7. The van der Waals surface area contributed by atoms with Gasteiger partial charge in [-0.05, 0) is 96.2 Å². The molecule has 0 saturated heterocycles. The number of allylic oxidation sites excluding steroid dienone is 3. The van der Waals surface area contributed by atoms with E-state index in [1.54, 1.807) is 5.57 Å². The standard InChI is InChI=1S/C34H58O/c1-10-14-25(12-3)28-16-15-21(6)31-23(8)32-26(17-29(28)31)19-34(35)18-22(7)30(20(5)11-2)24(9)33(34)27(32)13-4/h15-16,20-22,24-33,35H,8,10-14,17-19H2,1-7,9H3/t20?,21?,22-,24?,25?,26?,27?,28?,29?,30?,31?,32?,33?,34-/m1/s1. The van der Waals surface area contributed by atoms with Crippen molar-refractivity contribution in [2.75, 3.05) is 0 Å². The maximum Gasteiger partial charge on any atom is 0.0686 e. The molecule has 3 fully saturated rings. The molecule has 1 heteroatoms. The average molecular weight is 483 g/mol. The van der Waals surface area contributed by atoms with E-state index in [1.807, 2.05) is 0 Å². The monoisotopic (exact) mass is 482 g/mol. The third kappa shape index (κ3) is 4.53. The first kappa shape index (κ1) is 27.5. The first-order valence-corrected chi connectivity index (χ1v) is 15.7. The summed E-state index contributed by atoms with van der Waals surface area (Å²) in [6.07, 6.45) is 14.9. The molecule has 1 nitrogen and oxygen atoms in total. The highest BCUT2D eigenvalue weighted by Crippen LogP contribution is 2.64. The van der Waals surface area contributed by atoms with Gasteiger partial charge >= 0.3 is 0 Å². The van der Waals surface area contributed by atoms with Crippen LogP contribution in [-0.4, -0.2) is 10.7 Å². The van der Waals surface area contributed by atoms with E-state index in [4.69, 9.17) is 6.58 Å². The molecule has 35 heavy (non-hydrogen) atoms. The molecule has 0 aromatic heterocycles. The number of rotatable bonds is 7. The molecule has 1 N–H and O–H groups in total. The highest BCUT2D eigenvalue weighted by Gasteiger charge is 2.61. The maximum atomic E-state index is 12.4. The van der Waals surface area contributed by atoms with Crippen LogP contribution in [0.5, 0.6) is 0 Å². The Balaban J connectivity index is 1.70. The third-order valence-electron chi connectivity index (χ3n) is 12.3. The Morgan fingerprint density at radius 1 is 1.03 bits per heavy atom. The minimum Gasteiger partial charge on any atom is -0.390 e. The van der Waals surface area contributed by atoms with Gasteiger partial charge in [-0.1, -0.05) is 112 Å². The second kappa shape index (κ2) is 10.7. The van der Waals surface area contributed by atoms with Gasteiger partial charge in [-0.3, -0.25) is 0 Å². The molecule has 0 bridgehead atoms. The van der Waals surface area contributed by atoms with E-state index in [2.05, 4.69) is 67.5 Å². The zero-order valence-electron chi connectivity index (χ0n) is 24.5. The largest absolute Gasteiger partial charge is 0.390 e. The van der Waals surface area contributed by atoms with Gasteiger partial charge in [-0.15, -0.1) is 0 Å². The smallest absolute Gasteiger partial charge is 0.0686 e. The number of aliphatic hydroxyl groups is 1. The van der Waals surface area contributed by atoms with Crippen molar-refractivity contribution in [3.8, 4) is 0 Å². The van der Waals surface area contributed by atoms with Crippen LogP contribution < -0.4 is 0 Å². The predicted molar refractivity (Wildman–Crippen MR) is 151 cm³/mol. The quantitative estimate of drug-likeness (QED) is 0.359. The van der Waals surface area contributed by atoms with Crippen molar-refractivity contribution < 1.29 is 5.11 Å². The van der Waals surface area contributed by atoms with Gasteiger partial charge in [-0.2, -0.15) is 0 Å². The van der Waals surface area contributed by atoms with Crippen molar-refractivity contribution in [1.29, 1.82) is 0 Å². The first-order chi connectivity index (χ1) is 16.6. The molecular formula is C34H58O. The van der Waals surface area contributed by atoms with Crippen LogP contribution in [0.15, 0.2) is 24.3 Å². The van der Waals surface area contributed by atoms with Gasteiger partial charge in [0.05, 0.1) is 5.60 Å². The van der Waals surface area contributed by atoms with Crippen molar-refractivity contribution in [1.82, 2.24) is 0 Å². The van der Waals surface area contributed by atoms with Crippen molar-refractivity contribution in [3.63, 3.8) is 0 Å². The van der Waals surface area contributed by atoms with Gasteiger partial charge in [0.1, 0.15) is 0 Å². The van der Waals surface area contributed by atoms with E-state index in [9.17, 15) is 5.11 Å². The Bertz CT molecular complexity index is 767. The van der Waals surface area contributed by atoms with Crippen LogP contribution in [0.25, 0.3) is 0 Å². The molecule has 0 aromatic carbocycles. The van der Waals surface area contributed by atoms with E-state index in [-0.39, 0.29) is 0 Å². The number of hydrogen-bond acceptors (Lipinski definition) is 1. The molecule has 3 saturated carbocycles. The van der Waals surface area contributed by atoms with Crippen LogP contribution >= 0.6 is 0 Å². The summed E-state index contributed by atoms with van der Waals surface area (Å²) in [6.45, 7) is 24.4. The van der Waals surface area contributed by atoms with E-state index >= 15 is 0 Å². The van der Waals surface area contributed by atoms with Crippen molar-refractivity contribution in [2.45, 2.75) is 112 Å². The summed E-state index contributed by atoms with van der Waals surface area (Å²) in [5, 5.41) is 12.4.